The van der Waals surface area contributed by atoms with Crippen molar-refractivity contribution in [1.29, 1.82) is 0 Å². The number of rotatable bonds is 10. The summed E-state index contributed by atoms with van der Waals surface area (Å²) < 4.78 is 25.7. The van der Waals surface area contributed by atoms with E-state index in [1.165, 1.54) is 46.4 Å². The van der Waals surface area contributed by atoms with Crippen molar-refractivity contribution in [3.05, 3.63) is 121 Å². The number of hydrogen-bond donors (Lipinski definition) is 0. The Balaban J connectivity index is 0.000000194. The lowest BCUT2D eigenvalue weighted by Gasteiger charge is -2.44. The van der Waals surface area contributed by atoms with Crippen LogP contribution in [-0.2, 0) is 18.3 Å². The summed E-state index contributed by atoms with van der Waals surface area (Å²) in [7, 11) is -4.83. The molecule has 0 saturated carbocycles. The molecule has 4 nitrogen and oxygen atoms in total. The van der Waals surface area contributed by atoms with Crippen LogP contribution in [0.25, 0.3) is 0 Å². The van der Waals surface area contributed by atoms with E-state index in [2.05, 4.69) is 163 Å². The van der Waals surface area contributed by atoms with Gasteiger partial charge in [-0.25, -0.2) is 0 Å². The van der Waals surface area contributed by atoms with Gasteiger partial charge in [-0.1, -0.05) is 163 Å². The van der Waals surface area contributed by atoms with Crippen LogP contribution in [0, 0.1) is 0 Å². The van der Waals surface area contributed by atoms with Crippen molar-refractivity contribution in [2.45, 2.75) is 102 Å². The molecule has 0 bridgehead atoms. The van der Waals surface area contributed by atoms with Crippen molar-refractivity contribution in [1.82, 2.24) is 0 Å². The van der Waals surface area contributed by atoms with E-state index in [4.69, 9.17) is 18.3 Å². The molecule has 2 saturated heterocycles. The largest absolute Gasteiger partial charge is 0.405 e. The average Bonchev–Trinajstić information content (AvgIpc) is 3.14. The molecule has 2 aliphatic heterocycles. The Morgan fingerprint density at radius 3 is 0.960 bits per heavy atom. The summed E-state index contributed by atoms with van der Waals surface area (Å²) in [6, 6.07) is 43.3. The average molecular weight is 709 g/mol. The summed E-state index contributed by atoms with van der Waals surface area (Å²) in [6.45, 7) is 17.0. The molecule has 0 spiro atoms. The highest BCUT2D eigenvalue weighted by Gasteiger charge is 2.51. The SMILES string of the molecule is CC(C)(C)[Si](OC[C@@H]1CCCCO1)(c1ccccc1)c1ccccc1.CC(C)(C)[Si](OC[C@H]1CCCCO1)(c1ccccc1)c1ccccc1. The predicted octanol–water partition coefficient (Wildman–Crippen LogP) is 8.26. The van der Waals surface area contributed by atoms with E-state index in [-0.39, 0.29) is 22.3 Å². The molecular weight excluding hydrogens is 649 g/mol. The van der Waals surface area contributed by atoms with Gasteiger partial charge in [0.2, 0.25) is 0 Å². The van der Waals surface area contributed by atoms with Gasteiger partial charge in [-0.05, 0) is 69.3 Å². The number of benzene rings is 4. The molecule has 0 unspecified atom stereocenters. The van der Waals surface area contributed by atoms with Crippen LogP contribution in [0.15, 0.2) is 121 Å². The molecule has 2 atom stereocenters. The zero-order valence-electron chi connectivity index (χ0n) is 31.4. The maximum atomic E-state index is 6.92. The molecule has 2 fully saturated rings. The molecule has 6 rings (SSSR count). The van der Waals surface area contributed by atoms with Gasteiger partial charge in [0.25, 0.3) is 16.6 Å². The second-order valence-corrected chi connectivity index (χ2v) is 24.5. The summed E-state index contributed by atoms with van der Waals surface area (Å²) in [5.74, 6) is 0. The minimum Gasteiger partial charge on any atom is -0.405 e. The third kappa shape index (κ3) is 8.95. The molecule has 4 aromatic carbocycles. The maximum absolute atomic E-state index is 6.92. The molecule has 0 radical (unpaired) electrons. The van der Waals surface area contributed by atoms with E-state index in [0.29, 0.717) is 13.2 Å². The fourth-order valence-corrected chi connectivity index (χ4v) is 17.0. The summed E-state index contributed by atoms with van der Waals surface area (Å²) in [5.41, 5.74) is 0. The number of ether oxygens (including phenoxy) is 2. The van der Waals surface area contributed by atoms with Crippen LogP contribution in [-0.4, -0.2) is 55.3 Å². The van der Waals surface area contributed by atoms with Crippen LogP contribution in [0.1, 0.15) is 80.1 Å². The van der Waals surface area contributed by atoms with E-state index in [0.717, 1.165) is 26.1 Å². The summed E-state index contributed by atoms with van der Waals surface area (Å²) in [6.07, 6.45) is 7.52. The van der Waals surface area contributed by atoms with E-state index in [1.54, 1.807) is 0 Å². The Labute approximate surface area is 304 Å². The van der Waals surface area contributed by atoms with Gasteiger partial charge < -0.3 is 18.3 Å². The van der Waals surface area contributed by atoms with Crippen molar-refractivity contribution < 1.29 is 18.3 Å². The van der Waals surface area contributed by atoms with Gasteiger partial charge in [-0.2, -0.15) is 0 Å². The van der Waals surface area contributed by atoms with Crippen molar-refractivity contribution >= 4 is 37.4 Å². The van der Waals surface area contributed by atoms with Crippen LogP contribution >= 0.6 is 0 Å². The van der Waals surface area contributed by atoms with Crippen molar-refractivity contribution in [3.8, 4) is 0 Å². The first kappa shape index (κ1) is 38.4. The minimum absolute atomic E-state index is 0.0321. The molecule has 268 valence electrons. The third-order valence-corrected chi connectivity index (χ3v) is 20.4. The normalized spacial score (nSPS) is 18.9. The predicted molar refractivity (Wildman–Crippen MR) is 214 cm³/mol. The molecule has 0 N–H and O–H groups in total. The molecule has 50 heavy (non-hydrogen) atoms. The van der Waals surface area contributed by atoms with Crippen LogP contribution in [0.3, 0.4) is 0 Å². The summed E-state index contributed by atoms with van der Waals surface area (Å²) in [5, 5.41) is 5.41. The summed E-state index contributed by atoms with van der Waals surface area (Å²) >= 11 is 0. The highest BCUT2D eigenvalue weighted by Crippen LogP contribution is 2.38. The molecule has 0 aliphatic carbocycles. The zero-order valence-corrected chi connectivity index (χ0v) is 33.4. The third-order valence-electron chi connectivity index (χ3n) is 10.4. The van der Waals surface area contributed by atoms with E-state index >= 15 is 0 Å². The first-order valence-corrected chi connectivity index (χ1v) is 22.6. The Morgan fingerprint density at radius 2 is 0.740 bits per heavy atom. The highest BCUT2D eigenvalue weighted by atomic mass is 28.4. The molecular formula is C44H60O4Si2. The van der Waals surface area contributed by atoms with Crippen molar-refractivity contribution in [2.75, 3.05) is 26.4 Å². The molecule has 2 aliphatic rings. The molecule has 2 heterocycles. The van der Waals surface area contributed by atoms with Gasteiger partial charge in [0.15, 0.2) is 0 Å². The standard InChI is InChI=1S/2C22H30O2Si/c2*1-22(2,3)25(20-13-6-4-7-14-20,21-15-8-5-9-16-21)24-18-19-12-10-11-17-23-19/h2*4-9,13-16,19H,10-12,17-18H2,1-3H3/t2*19-/m10/s1. The topological polar surface area (TPSA) is 36.9 Å². The first-order valence-electron chi connectivity index (χ1n) is 18.8. The van der Waals surface area contributed by atoms with E-state index in [1.807, 2.05) is 0 Å². The van der Waals surface area contributed by atoms with Crippen molar-refractivity contribution in [2.24, 2.45) is 0 Å². The smallest absolute Gasteiger partial charge is 0.261 e. The number of hydrogen-bond acceptors (Lipinski definition) is 4. The minimum atomic E-state index is -2.41. The first-order chi connectivity index (χ1) is 24.1. The van der Waals surface area contributed by atoms with Crippen LogP contribution in [0.2, 0.25) is 10.1 Å². The quantitative estimate of drug-likeness (QED) is 0.156. The van der Waals surface area contributed by atoms with E-state index in [9.17, 15) is 0 Å². The Morgan fingerprint density at radius 1 is 0.460 bits per heavy atom. The van der Waals surface area contributed by atoms with Gasteiger partial charge in [0.05, 0.1) is 25.4 Å². The highest BCUT2D eigenvalue weighted by molar-refractivity contribution is 7.00. The maximum Gasteiger partial charge on any atom is 0.261 e. The van der Waals surface area contributed by atoms with Gasteiger partial charge in [-0.3, -0.25) is 0 Å². The second-order valence-electron chi connectivity index (χ2n) is 15.9. The van der Waals surface area contributed by atoms with Crippen LogP contribution in [0.5, 0.6) is 0 Å². The van der Waals surface area contributed by atoms with Crippen molar-refractivity contribution in [3.63, 3.8) is 0 Å². The fraction of sp³-hybridized carbons (Fsp3) is 0.455. The van der Waals surface area contributed by atoms with Crippen LogP contribution < -0.4 is 20.7 Å². The summed E-state index contributed by atoms with van der Waals surface area (Å²) in [4.78, 5) is 0. The molecule has 0 amide bonds. The molecule has 4 aromatic rings. The van der Waals surface area contributed by atoms with E-state index < -0.39 is 16.6 Å². The second kappa shape index (κ2) is 17.6. The van der Waals surface area contributed by atoms with Gasteiger partial charge in [0, 0.05) is 13.2 Å². The monoisotopic (exact) mass is 708 g/mol. The zero-order chi connectivity index (χ0) is 35.5. The fourth-order valence-electron chi connectivity index (χ4n) is 7.84. The molecule has 6 heteroatoms. The Hall–Kier alpha value is -2.85. The Kier molecular flexibility index (Phi) is 13.5. The lowest BCUT2D eigenvalue weighted by Crippen LogP contribution is -2.67. The molecule has 0 aromatic heterocycles. The Bertz CT molecular complexity index is 1330. The van der Waals surface area contributed by atoms with Gasteiger partial charge in [-0.15, -0.1) is 0 Å². The van der Waals surface area contributed by atoms with Gasteiger partial charge >= 0.3 is 0 Å². The van der Waals surface area contributed by atoms with Gasteiger partial charge in [0.1, 0.15) is 0 Å². The van der Waals surface area contributed by atoms with Crippen LogP contribution in [0.4, 0.5) is 0 Å². The lowest BCUT2D eigenvalue weighted by molar-refractivity contribution is -0.0132. The lowest BCUT2D eigenvalue weighted by atomic mass is 10.1.